The van der Waals surface area contributed by atoms with Crippen molar-refractivity contribution < 1.29 is 4.79 Å². The van der Waals surface area contributed by atoms with E-state index in [2.05, 4.69) is 15.5 Å². The van der Waals surface area contributed by atoms with E-state index in [4.69, 9.17) is 5.73 Å². The Morgan fingerprint density at radius 1 is 1.15 bits per heavy atom. The van der Waals surface area contributed by atoms with Gasteiger partial charge in [-0.25, -0.2) is 0 Å². The van der Waals surface area contributed by atoms with Gasteiger partial charge in [0.1, 0.15) is 0 Å². The standard InChI is InChI=1S/C15H18N4O/c1-8-5-6-13(16)10(3)14(8)17-15(20)12-7-9(2)18-19-11(12)4/h5-7H,16H2,1-4H3,(H,17,20). The number of aryl methyl sites for hydroxylation is 3. The zero-order valence-corrected chi connectivity index (χ0v) is 12.1. The summed E-state index contributed by atoms with van der Waals surface area (Å²) >= 11 is 0. The van der Waals surface area contributed by atoms with E-state index in [-0.39, 0.29) is 5.91 Å². The fourth-order valence-electron chi connectivity index (χ4n) is 2.02. The van der Waals surface area contributed by atoms with Crippen LogP contribution in [0.5, 0.6) is 0 Å². The molecule has 0 atom stereocenters. The van der Waals surface area contributed by atoms with Crippen molar-refractivity contribution in [2.45, 2.75) is 27.7 Å². The zero-order chi connectivity index (χ0) is 14.9. The summed E-state index contributed by atoms with van der Waals surface area (Å²) in [6, 6.07) is 5.46. The minimum Gasteiger partial charge on any atom is -0.398 e. The molecule has 0 fully saturated rings. The number of rotatable bonds is 2. The Morgan fingerprint density at radius 3 is 2.55 bits per heavy atom. The first-order valence-electron chi connectivity index (χ1n) is 6.38. The van der Waals surface area contributed by atoms with E-state index < -0.39 is 0 Å². The normalized spacial score (nSPS) is 10.4. The summed E-state index contributed by atoms with van der Waals surface area (Å²) in [5.41, 5.74) is 11.0. The Bertz CT molecular complexity index is 680. The molecule has 1 aromatic carbocycles. The van der Waals surface area contributed by atoms with Gasteiger partial charge < -0.3 is 11.1 Å². The molecule has 3 N–H and O–H groups in total. The van der Waals surface area contributed by atoms with Crippen molar-refractivity contribution >= 4 is 17.3 Å². The predicted octanol–water partition coefficient (Wildman–Crippen LogP) is 2.54. The lowest BCUT2D eigenvalue weighted by Gasteiger charge is -2.14. The van der Waals surface area contributed by atoms with Gasteiger partial charge >= 0.3 is 0 Å². The van der Waals surface area contributed by atoms with Gasteiger partial charge in [0.25, 0.3) is 5.91 Å². The third-order valence-electron chi connectivity index (χ3n) is 3.30. The molecule has 2 rings (SSSR count). The molecule has 0 aliphatic rings. The van der Waals surface area contributed by atoms with Crippen LogP contribution in [-0.2, 0) is 0 Å². The van der Waals surface area contributed by atoms with E-state index in [1.165, 1.54) is 0 Å². The van der Waals surface area contributed by atoms with Gasteiger partial charge in [-0.05, 0) is 51.0 Å². The Hall–Kier alpha value is -2.43. The number of nitrogens with two attached hydrogens (primary N) is 1. The first-order chi connectivity index (χ1) is 9.40. The quantitative estimate of drug-likeness (QED) is 0.822. The first-order valence-corrected chi connectivity index (χ1v) is 6.38. The van der Waals surface area contributed by atoms with Gasteiger partial charge in [0, 0.05) is 11.4 Å². The molecule has 0 saturated heterocycles. The molecule has 1 heterocycles. The van der Waals surface area contributed by atoms with Crippen LogP contribution in [0.4, 0.5) is 11.4 Å². The number of aromatic nitrogens is 2. The number of benzene rings is 1. The minimum atomic E-state index is -0.197. The van der Waals surface area contributed by atoms with Crippen LogP contribution in [-0.4, -0.2) is 16.1 Å². The van der Waals surface area contributed by atoms with Crippen LogP contribution < -0.4 is 11.1 Å². The Morgan fingerprint density at radius 2 is 1.85 bits per heavy atom. The third kappa shape index (κ3) is 2.61. The molecular weight excluding hydrogens is 252 g/mol. The lowest BCUT2D eigenvalue weighted by atomic mass is 10.1. The van der Waals surface area contributed by atoms with Gasteiger partial charge in [0.05, 0.1) is 17.0 Å². The fraction of sp³-hybridized carbons (Fsp3) is 0.267. The zero-order valence-electron chi connectivity index (χ0n) is 12.1. The number of anilines is 2. The maximum absolute atomic E-state index is 12.4. The lowest BCUT2D eigenvalue weighted by Crippen LogP contribution is -2.17. The maximum Gasteiger partial charge on any atom is 0.257 e. The summed E-state index contributed by atoms with van der Waals surface area (Å²) in [7, 11) is 0. The summed E-state index contributed by atoms with van der Waals surface area (Å²) in [5, 5.41) is 10.8. The molecule has 0 radical (unpaired) electrons. The molecule has 2 aromatic rings. The van der Waals surface area contributed by atoms with E-state index in [9.17, 15) is 4.79 Å². The molecule has 0 unspecified atom stereocenters. The highest BCUT2D eigenvalue weighted by Crippen LogP contribution is 2.25. The number of nitrogens with one attached hydrogen (secondary N) is 1. The Balaban J connectivity index is 2.38. The second-order valence-corrected chi connectivity index (χ2v) is 4.91. The SMILES string of the molecule is Cc1cc(C(=O)Nc2c(C)ccc(N)c2C)c(C)nn1. The third-order valence-corrected chi connectivity index (χ3v) is 3.30. The van der Waals surface area contributed by atoms with E-state index in [1.807, 2.05) is 26.0 Å². The molecular formula is C15H18N4O. The number of nitrogens with zero attached hydrogens (tertiary/aromatic N) is 2. The average molecular weight is 270 g/mol. The number of hydrogen-bond donors (Lipinski definition) is 2. The maximum atomic E-state index is 12.4. The minimum absolute atomic E-state index is 0.197. The summed E-state index contributed by atoms with van der Waals surface area (Å²) in [4.78, 5) is 12.4. The predicted molar refractivity (Wildman–Crippen MR) is 79.8 cm³/mol. The van der Waals surface area contributed by atoms with Crippen LogP contribution in [0, 0.1) is 27.7 Å². The summed E-state index contributed by atoms with van der Waals surface area (Å²) in [6.45, 7) is 7.40. The number of hydrogen-bond acceptors (Lipinski definition) is 4. The molecule has 20 heavy (non-hydrogen) atoms. The molecule has 0 bridgehead atoms. The van der Waals surface area contributed by atoms with Crippen molar-refractivity contribution in [1.82, 2.24) is 10.2 Å². The number of nitrogen functional groups attached to an aromatic ring is 1. The number of amides is 1. The second kappa shape index (κ2) is 5.28. The van der Waals surface area contributed by atoms with Crippen molar-refractivity contribution in [3.05, 3.63) is 46.3 Å². The second-order valence-electron chi connectivity index (χ2n) is 4.91. The van der Waals surface area contributed by atoms with Crippen molar-refractivity contribution in [1.29, 1.82) is 0 Å². The molecule has 1 amide bonds. The van der Waals surface area contributed by atoms with E-state index in [0.717, 1.165) is 16.8 Å². The van der Waals surface area contributed by atoms with Crippen LogP contribution in [0.3, 0.4) is 0 Å². The molecule has 0 aliphatic carbocycles. The summed E-state index contributed by atoms with van der Waals surface area (Å²) in [6.07, 6.45) is 0. The number of carbonyl (C=O) groups excluding carboxylic acids is 1. The molecule has 104 valence electrons. The van der Waals surface area contributed by atoms with Crippen LogP contribution in [0.25, 0.3) is 0 Å². The van der Waals surface area contributed by atoms with Crippen molar-refractivity contribution in [2.24, 2.45) is 0 Å². The molecule has 0 saturated carbocycles. The van der Waals surface area contributed by atoms with Gasteiger partial charge in [0.15, 0.2) is 0 Å². The Labute approximate surface area is 118 Å². The molecule has 5 nitrogen and oxygen atoms in total. The van der Waals surface area contributed by atoms with Gasteiger partial charge in [-0.15, -0.1) is 0 Å². The van der Waals surface area contributed by atoms with Crippen molar-refractivity contribution in [2.75, 3.05) is 11.1 Å². The smallest absolute Gasteiger partial charge is 0.257 e. The Kier molecular flexibility index (Phi) is 3.70. The van der Waals surface area contributed by atoms with Gasteiger partial charge in [-0.1, -0.05) is 6.07 Å². The largest absolute Gasteiger partial charge is 0.398 e. The van der Waals surface area contributed by atoms with Crippen LogP contribution >= 0.6 is 0 Å². The average Bonchev–Trinajstić information content (AvgIpc) is 2.41. The van der Waals surface area contributed by atoms with E-state index in [1.54, 1.807) is 19.9 Å². The molecule has 5 heteroatoms. The molecule has 0 spiro atoms. The van der Waals surface area contributed by atoms with Gasteiger partial charge in [0.2, 0.25) is 0 Å². The monoisotopic (exact) mass is 270 g/mol. The van der Waals surface area contributed by atoms with Crippen LogP contribution in [0.2, 0.25) is 0 Å². The van der Waals surface area contributed by atoms with Crippen LogP contribution in [0.15, 0.2) is 18.2 Å². The topological polar surface area (TPSA) is 80.9 Å². The highest BCUT2D eigenvalue weighted by Gasteiger charge is 2.14. The first kappa shape index (κ1) is 14.0. The van der Waals surface area contributed by atoms with Gasteiger partial charge in [-0.3, -0.25) is 4.79 Å². The van der Waals surface area contributed by atoms with Crippen molar-refractivity contribution in [3.8, 4) is 0 Å². The highest BCUT2D eigenvalue weighted by atomic mass is 16.1. The summed E-state index contributed by atoms with van der Waals surface area (Å²) in [5.74, 6) is -0.197. The molecule has 1 aromatic heterocycles. The molecule has 0 aliphatic heterocycles. The van der Waals surface area contributed by atoms with Crippen LogP contribution in [0.1, 0.15) is 32.9 Å². The highest BCUT2D eigenvalue weighted by molar-refractivity contribution is 6.06. The summed E-state index contributed by atoms with van der Waals surface area (Å²) < 4.78 is 0. The van der Waals surface area contributed by atoms with Gasteiger partial charge in [-0.2, -0.15) is 10.2 Å². The van der Waals surface area contributed by atoms with E-state index in [0.29, 0.717) is 22.6 Å². The van der Waals surface area contributed by atoms with Crippen molar-refractivity contribution in [3.63, 3.8) is 0 Å². The fourth-order valence-corrected chi connectivity index (χ4v) is 2.02. The lowest BCUT2D eigenvalue weighted by molar-refractivity contribution is 0.102. The number of carbonyl (C=O) groups is 1. The van der Waals surface area contributed by atoms with E-state index >= 15 is 0 Å².